The second kappa shape index (κ2) is 9.67. The monoisotopic (exact) mass is 346 g/mol. The van der Waals surface area contributed by atoms with Gasteiger partial charge in [0, 0.05) is 0 Å². The Morgan fingerprint density at radius 3 is 1.88 bits per heavy atom. The summed E-state index contributed by atoms with van der Waals surface area (Å²) in [6.07, 6.45) is 2.80. The Balaban J connectivity index is 1.82. The van der Waals surface area contributed by atoms with Gasteiger partial charge in [0.1, 0.15) is 0 Å². The topological polar surface area (TPSA) is 9.23 Å². The predicted molar refractivity (Wildman–Crippen MR) is 99.0 cm³/mol. The van der Waals surface area contributed by atoms with Gasteiger partial charge in [-0.1, -0.05) is 75.2 Å². The molecule has 2 aromatic rings. The highest BCUT2D eigenvalue weighted by Crippen LogP contribution is 2.29. The van der Waals surface area contributed by atoms with Gasteiger partial charge in [0.2, 0.25) is 0 Å². The fraction of sp³-hybridized carbons (Fsp3) is 0.455. The molecule has 1 nitrogen and oxygen atoms in total. The molecule has 0 unspecified atom stereocenters. The number of benzene rings is 2. The Morgan fingerprint density at radius 1 is 0.760 bits per heavy atom. The van der Waals surface area contributed by atoms with Crippen molar-refractivity contribution >= 4 is 0 Å². The average molecular weight is 346 g/mol. The normalized spacial score (nSPS) is 11.7. The van der Waals surface area contributed by atoms with E-state index in [4.69, 9.17) is 4.74 Å². The van der Waals surface area contributed by atoms with E-state index in [2.05, 4.69) is 19.1 Å². The minimum Gasteiger partial charge on any atom is -0.316 e. The summed E-state index contributed by atoms with van der Waals surface area (Å²) in [6.45, 7) is 4.19. The number of ether oxygens (including phenoxy) is 1. The van der Waals surface area contributed by atoms with Crippen LogP contribution >= 0.6 is 0 Å². The van der Waals surface area contributed by atoms with Crippen molar-refractivity contribution in [3.05, 3.63) is 70.8 Å². The van der Waals surface area contributed by atoms with Gasteiger partial charge < -0.3 is 4.74 Å². The first kappa shape index (κ1) is 19.6. The first-order valence-corrected chi connectivity index (χ1v) is 9.24. The van der Waals surface area contributed by atoms with Gasteiger partial charge in [-0.2, -0.15) is 8.78 Å². The molecular weight excluding hydrogens is 318 g/mol. The van der Waals surface area contributed by atoms with Gasteiger partial charge in [-0.25, -0.2) is 0 Å². The molecule has 0 spiro atoms. The van der Waals surface area contributed by atoms with E-state index >= 15 is 0 Å². The molecule has 2 aromatic carbocycles. The molecule has 3 heteroatoms. The molecule has 136 valence electrons. The molecule has 0 saturated heterocycles. The van der Waals surface area contributed by atoms with Crippen LogP contribution in [0.25, 0.3) is 0 Å². The second-order valence-corrected chi connectivity index (χ2v) is 6.44. The highest BCUT2D eigenvalue weighted by atomic mass is 19.3. The smallest absolute Gasteiger partial charge is 0.316 e. The summed E-state index contributed by atoms with van der Waals surface area (Å²) in [5, 5.41) is 0. The van der Waals surface area contributed by atoms with Gasteiger partial charge in [0.15, 0.2) is 0 Å². The zero-order valence-corrected chi connectivity index (χ0v) is 15.2. The molecule has 0 aliphatic rings. The van der Waals surface area contributed by atoms with Crippen molar-refractivity contribution in [2.24, 2.45) is 0 Å². The summed E-state index contributed by atoms with van der Waals surface area (Å²) in [5.74, 6) is 0. The first-order valence-electron chi connectivity index (χ1n) is 9.24. The number of halogens is 2. The van der Waals surface area contributed by atoms with E-state index in [0.717, 1.165) is 24.0 Å². The molecule has 0 aliphatic heterocycles. The number of aryl methyl sites for hydroxylation is 2. The Hall–Kier alpha value is -1.74. The van der Waals surface area contributed by atoms with Crippen LogP contribution in [0.15, 0.2) is 48.5 Å². The van der Waals surface area contributed by atoms with Crippen molar-refractivity contribution in [1.82, 2.24) is 0 Å². The number of unbranched alkanes of at least 4 members (excludes halogenated alkanes) is 2. The van der Waals surface area contributed by atoms with Crippen LogP contribution in [0.1, 0.15) is 55.4 Å². The lowest BCUT2D eigenvalue weighted by Crippen LogP contribution is -2.19. The highest BCUT2D eigenvalue weighted by molar-refractivity contribution is 5.25. The molecule has 0 saturated carbocycles. The van der Waals surface area contributed by atoms with Crippen LogP contribution in [0.3, 0.4) is 0 Å². The molecule has 0 aromatic heterocycles. The molecule has 0 heterocycles. The Labute approximate surface area is 150 Å². The number of hydrogen-bond donors (Lipinski definition) is 0. The van der Waals surface area contributed by atoms with Crippen molar-refractivity contribution in [3.63, 3.8) is 0 Å². The van der Waals surface area contributed by atoms with E-state index in [0.29, 0.717) is 6.42 Å². The van der Waals surface area contributed by atoms with E-state index in [9.17, 15) is 8.78 Å². The van der Waals surface area contributed by atoms with Crippen molar-refractivity contribution in [1.29, 1.82) is 0 Å². The number of hydrogen-bond acceptors (Lipinski definition) is 1. The van der Waals surface area contributed by atoms with E-state index in [1.807, 2.05) is 19.1 Å². The predicted octanol–water partition coefficient (Wildman–Crippen LogP) is 6.29. The van der Waals surface area contributed by atoms with Crippen molar-refractivity contribution < 1.29 is 13.5 Å². The van der Waals surface area contributed by atoms with E-state index in [-0.39, 0.29) is 12.2 Å². The molecule has 0 radical (unpaired) electrons. The first-order chi connectivity index (χ1) is 12.0. The Kier molecular flexibility index (Phi) is 7.57. The molecule has 0 amide bonds. The van der Waals surface area contributed by atoms with Crippen LogP contribution in [0, 0.1) is 0 Å². The van der Waals surface area contributed by atoms with Gasteiger partial charge in [0.05, 0.1) is 12.2 Å². The molecule has 0 N–H and O–H groups in total. The zero-order valence-electron chi connectivity index (χ0n) is 15.2. The fourth-order valence-electron chi connectivity index (χ4n) is 2.77. The minimum absolute atomic E-state index is 0.00227. The van der Waals surface area contributed by atoms with Crippen LogP contribution in [-0.4, -0.2) is 6.61 Å². The Bertz CT molecular complexity index is 617. The maximum Gasteiger partial charge on any atom is 0.383 e. The largest absolute Gasteiger partial charge is 0.383 e. The van der Waals surface area contributed by atoms with Crippen LogP contribution in [-0.2, 0) is 30.1 Å². The third-order valence-corrected chi connectivity index (χ3v) is 4.46. The quantitative estimate of drug-likeness (QED) is 0.459. The SMILES string of the molecule is CCCCCc1ccc(CCOC(F)(F)c2ccc(CC)cc2)cc1. The summed E-state index contributed by atoms with van der Waals surface area (Å²) in [6, 6.07) is 14.6. The van der Waals surface area contributed by atoms with Gasteiger partial charge in [-0.15, -0.1) is 0 Å². The second-order valence-electron chi connectivity index (χ2n) is 6.44. The Morgan fingerprint density at radius 2 is 1.32 bits per heavy atom. The molecule has 0 bridgehead atoms. The van der Waals surface area contributed by atoms with Crippen LogP contribution in [0.4, 0.5) is 8.78 Å². The van der Waals surface area contributed by atoms with Crippen molar-refractivity contribution in [3.8, 4) is 0 Å². The van der Waals surface area contributed by atoms with Crippen molar-refractivity contribution in [2.45, 2.75) is 58.5 Å². The maximum absolute atomic E-state index is 14.1. The molecule has 0 atom stereocenters. The number of alkyl halides is 2. The van der Waals surface area contributed by atoms with E-state index < -0.39 is 6.11 Å². The van der Waals surface area contributed by atoms with E-state index in [1.54, 1.807) is 12.1 Å². The third kappa shape index (κ3) is 6.24. The summed E-state index contributed by atoms with van der Waals surface area (Å²) >= 11 is 0. The molecular formula is C22H28F2O. The van der Waals surface area contributed by atoms with Crippen LogP contribution in [0.2, 0.25) is 0 Å². The van der Waals surface area contributed by atoms with Crippen LogP contribution < -0.4 is 0 Å². The zero-order chi connectivity index (χ0) is 18.1. The van der Waals surface area contributed by atoms with Gasteiger partial charge in [0.25, 0.3) is 0 Å². The molecule has 0 fully saturated rings. The summed E-state index contributed by atoms with van der Waals surface area (Å²) in [7, 11) is 0. The fourth-order valence-corrected chi connectivity index (χ4v) is 2.77. The summed E-state index contributed by atoms with van der Waals surface area (Å²) in [4.78, 5) is 0. The summed E-state index contributed by atoms with van der Waals surface area (Å²) < 4.78 is 33.1. The van der Waals surface area contributed by atoms with Gasteiger partial charge >= 0.3 is 6.11 Å². The van der Waals surface area contributed by atoms with Gasteiger partial charge in [-0.05, 0) is 42.4 Å². The van der Waals surface area contributed by atoms with Gasteiger partial charge in [-0.3, -0.25) is 0 Å². The van der Waals surface area contributed by atoms with E-state index in [1.165, 1.54) is 37.0 Å². The summed E-state index contributed by atoms with van der Waals surface area (Å²) in [5.41, 5.74) is 3.28. The lowest BCUT2D eigenvalue weighted by molar-refractivity contribution is -0.248. The minimum atomic E-state index is -3.24. The van der Waals surface area contributed by atoms with Crippen molar-refractivity contribution in [2.75, 3.05) is 6.61 Å². The standard InChI is InChI=1S/C22H28F2O/c1-3-5-6-7-19-8-10-20(11-9-19)16-17-25-22(23,24)21-14-12-18(4-2)13-15-21/h8-15H,3-7,16-17H2,1-2H3. The lowest BCUT2D eigenvalue weighted by Gasteiger charge is -2.17. The number of rotatable bonds is 10. The maximum atomic E-state index is 14.1. The average Bonchev–Trinajstić information content (AvgIpc) is 2.63. The highest BCUT2D eigenvalue weighted by Gasteiger charge is 2.32. The molecule has 0 aliphatic carbocycles. The lowest BCUT2D eigenvalue weighted by atomic mass is 10.0. The molecule has 25 heavy (non-hydrogen) atoms. The molecule has 2 rings (SSSR count). The third-order valence-electron chi connectivity index (χ3n) is 4.46. The van der Waals surface area contributed by atoms with Crippen LogP contribution in [0.5, 0.6) is 0 Å².